The van der Waals surface area contributed by atoms with E-state index in [1.807, 2.05) is 66.4 Å². The topological polar surface area (TPSA) is 282 Å². The summed E-state index contributed by atoms with van der Waals surface area (Å²) in [7, 11) is 0. The van der Waals surface area contributed by atoms with Crippen LogP contribution in [0.3, 0.4) is 0 Å². The lowest BCUT2D eigenvalue weighted by molar-refractivity contribution is -0.134. The molecule has 2 aromatic heterocycles. The van der Waals surface area contributed by atoms with Gasteiger partial charge in [-0.25, -0.2) is 9.80 Å². The van der Waals surface area contributed by atoms with Crippen molar-refractivity contribution in [3.63, 3.8) is 0 Å². The van der Waals surface area contributed by atoms with E-state index in [1.165, 1.54) is 6.92 Å². The Morgan fingerprint density at radius 2 is 1.26 bits per heavy atom. The molecule has 0 bridgehead atoms. The number of primary amides is 1. The Balaban J connectivity index is 1.36. The number of H-pyrrole nitrogens is 2. The fourth-order valence-electron chi connectivity index (χ4n) is 7.98. The van der Waals surface area contributed by atoms with Gasteiger partial charge >= 0.3 is 6.03 Å². The molecule has 0 radical (unpaired) electrons. The van der Waals surface area contributed by atoms with Crippen molar-refractivity contribution in [2.24, 2.45) is 11.5 Å². The monoisotopic (exact) mass is 928 g/mol. The van der Waals surface area contributed by atoms with Crippen molar-refractivity contribution in [1.29, 1.82) is 0 Å². The summed E-state index contributed by atoms with van der Waals surface area (Å²) in [5, 5.41) is 16.4. The Morgan fingerprint density at radius 3 is 1.88 bits per heavy atom. The first kappa shape index (κ1) is 49.6. The number of urea groups is 1. The van der Waals surface area contributed by atoms with Gasteiger partial charge in [-0.2, -0.15) is 0 Å². The van der Waals surface area contributed by atoms with E-state index in [2.05, 4.69) is 53.9 Å². The van der Waals surface area contributed by atoms with Crippen molar-refractivity contribution in [1.82, 2.24) is 51.9 Å². The summed E-state index contributed by atoms with van der Waals surface area (Å²) in [4.78, 5) is 105. The molecule has 19 heteroatoms. The number of benzene rings is 3. The summed E-state index contributed by atoms with van der Waals surface area (Å²) in [6.07, 6.45) is 5.40. The van der Waals surface area contributed by atoms with Gasteiger partial charge in [0.15, 0.2) is 0 Å². The van der Waals surface area contributed by atoms with Crippen molar-refractivity contribution in [2.75, 3.05) is 26.2 Å². The van der Waals surface area contributed by atoms with Crippen molar-refractivity contribution in [3.05, 3.63) is 108 Å². The van der Waals surface area contributed by atoms with Gasteiger partial charge in [-0.3, -0.25) is 34.2 Å². The highest BCUT2D eigenvalue weighted by Crippen LogP contribution is 2.21. The number of nitrogens with two attached hydrogens (primary N) is 2. The molecule has 3 heterocycles. The van der Waals surface area contributed by atoms with E-state index in [0.29, 0.717) is 37.1 Å². The average molecular weight is 929 g/mol. The van der Waals surface area contributed by atoms with Gasteiger partial charge in [0.1, 0.15) is 36.8 Å². The molecule has 1 aliphatic rings. The molecule has 0 fully saturated rings. The molecule has 5 aromatic rings. The molecule has 5 atom stereocenters. The van der Waals surface area contributed by atoms with Gasteiger partial charge in [0, 0.05) is 72.6 Å². The number of nitrogens with zero attached hydrogens (tertiary/aromatic N) is 2. The molecule has 358 valence electrons. The van der Waals surface area contributed by atoms with Crippen LogP contribution < -0.4 is 43.5 Å². The van der Waals surface area contributed by atoms with Crippen molar-refractivity contribution in [2.45, 2.75) is 89.0 Å². The normalized spacial score (nSPS) is 20.8. The second kappa shape index (κ2) is 24.1. The fraction of sp³-hybridized carbons (Fsp3) is 0.367. The SMILES string of the molecule is CCCN1C#CCN(NC(=O)CN)C(=O)N[C@H](Cc2c[nH]c3ccccc23)C(=O)N[C@@H](C)C(=O)N[C@@H](Cc2c[nH]c3ccccc23)C(=O)N[C@H](Cc2ccccc2)C(=O)N[C@H](C(N)=O)CCCC1. The molecular weight excluding hydrogens is 869 g/mol. The minimum Gasteiger partial charge on any atom is -0.368 e. The van der Waals surface area contributed by atoms with E-state index < -0.39 is 78.2 Å². The van der Waals surface area contributed by atoms with E-state index in [0.717, 1.165) is 38.8 Å². The lowest BCUT2D eigenvalue weighted by Gasteiger charge is -2.27. The number of carbonyl (C=O) groups excluding carboxylic acids is 7. The molecular formula is C49H60N12O7. The predicted octanol–water partition coefficient (Wildman–Crippen LogP) is 1.35. The summed E-state index contributed by atoms with van der Waals surface area (Å²) in [6, 6.07) is 20.0. The molecule has 12 N–H and O–H groups in total. The molecule has 19 nitrogen and oxygen atoms in total. The Morgan fingerprint density at radius 1 is 0.706 bits per heavy atom. The van der Waals surface area contributed by atoms with Crippen LogP contribution in [0.1, 0.15) is 56.2 Å². The highest BCUT2D eigenvalue weighted by Gasteiger charge is 2.33. The lowest BCUT2D eigenvalue weighted by Crippen LogP contribution is -2.60. The zero-order valence-electron chi connectivity index (χ0n) is 38.2. The Hall–Kier alpha value is -7.85. The first-order chi connectivity index (χ1) is 32.8. The number of aromatic nitrogens is 2. The average Bonchev–Trinajstić information content (AvgIpc) is 3.94. The third kappa shape index (κ3) is 13.6. The van der Waals surface area contributed by atoms with Gasteiger partial charge in [0.2, 0.25) is 29.5 Å². The van der Waals surface area contributed by atoms with Crippen LogP contribution >= 0.6 is 0 Å². The number of carbonyl (C=O) groups is 7. The number of para-hydroxylation sites is 2. The summed E-state index contributed by atoms with van der Waals surface area (Å²) < 4.78 is 0. The maximum Gasteiger partial charge on any atom is 0.337 e. The molecule has 8 amide bonds. The summed E-state index contributed by atoms with van der Waals surface area (Å²) in [5.74, 6) is -1.33. The zero-order chi connectivity index (χ0) is 48.6. The number of nitrogens with one attached hydrogen (secondary N) is 8. The second-order valence-electron chi connectivity index (χ2n) is 16.7. The van der Waals surface area contributed by atoms with Gasteiger partial charge in [-0.1, -0.05) is 79.6 Å². The first-order valence-electron chi connectivity index (χ1n) is 22.8. The van der Waals surface area contributed by atoms with E-state index in [9.17, 15) is 33.6 Å². The van der Waals surface area contributed by atoms with Crippen LogP contribution in [-0.4, -0.2) is 118 Å². The molecule has 0 aliphatic carbocycles. The number of fused-ring (bicyclic) bond motifs is 2. The molecule has 3 aromatic carbocycles. The number of hydrogen-bond acceptors (Lipinski definition) is 9. The molecule has 0 saturated heterocycles. The minimum atomic E-state index is -1.30. The Kier molecular flexibility index (Phi) is 17.6. The number of amides is 8. The number of hydrogen-bond donors (Lipinski definition) is 10. The Bertz CT molecular complexity index is 2640. The van der Waals surface area contributed by atoms with Crippen LogP contribution in [0, 0.1) is 12.0 Å². The van der Waals surface area contributed by atoms with E-state index in [-0.39, 0.29) is 32.2 Å². The zero-order valence-corrected chi connectivity index (χ0v) is 38.2. The Labute approximate surface area is 394 Å². The molecule has 68 heavy (non-hydrogen) atoms. The quantitative estimate of drug-likeness (QED) is 0.0855. The molecule has 0 saturated carbocycles. The van der Waals surface area contributed by atoms with Crippen LogP contribution in [0.2, 0.25) is 0 Å². The lowest BCUT2D eigenvalue weighted by atomic mass is 10.0. The molecule has 1 aliphatic heterocycles. The van der Waals surface area contributed by atoms with Gasteiger partial charge < -0.3 is 52.9 Å². The number of hydrazine groups is 1. The minimum absolute atomic E-state index is 0.0205. The molecule has 0 spiro atoms. The van der Waals surface area contributed by atoms with Crippen LogP contribution in [0.5, 0.6) is 0 Å². The standard InChI is InChI=1S/C49H60N12O7/c1-3-21-60-22-12-11-20-39(44(51)63)55-47(66)40(25-32-14-5-4-6-15-32)57-48(67)41(26-33-29-52-37-18-9-7-16-35(33)37)56-45(64)31(2)54-46(65)42(27-34-30-53-38-19-10-8-17-36(34)38)58-49(68)61(24-13-23-60)59-43(62)28-50/h4-10,14-19,29-31,39-42,52-53H,3,11-12,20-22,24-28,50H2,1-2H3,(H2,51,63)(H,54,65)(H,55,66)(H,56,64)(H,57,67)(H,58,68)(H,59,62)/t31-,39-,40+,41-,42+/m0/s1. The highest BCUT2D eigenvalue weighted by atomic mass is 16.2. The van der Waals surface area contributed by atoms with Gasteiger partial charge in [0.05, 0.1) is 6.54 Å². The largest absolute Gasteiger partial charge is 0.368 e. The molecule has 6 rings (SSSR count). The number of aromatic amines is 2. The van der Waals surface area contributed by atoms with E-state index >= 15 is 0 Å². The van der Waals surface area contributed by atoms with Crippen molar-refractivity contribution in [3.8, 4) is 12.0 Å². The van der Waals surface area contributed by atoms with E-state index in [4.69, 9.17) is 11.5 Å². The number of rotatable bonds is 11. The van der Waals surface area contributed by atoms with Crippen LogP contribution in [0.15, 0.2) is 91.3 Å². The van der Waals surface area contributed by atoms with Gasteiger partial charge in [-0.15, -0.1) is 0 Å². The second-order valence-corrected chi connectivity index (χ2v) is 16.7. The first-order valence-corrected chi connectivity index (χ1v) is 22.8. The fourth-order valence-corrected chi connectivity index (χ4v) is 7.98. The molecule has 0 unspecified atom stereocenters. The maximum absolute atomic E-state index is 14.5. The highest BCUT2D eigenvalue weighted by molar-refractivity contribution is 5.97. The van der Waals surface area contributed by atoms with Crippen LogP contribution in [0.4, 0.5) is 4.79 Å². The maximum atomic E-state index is 14.5. The summed E-state index contributed by atoms with van der Waals surface area (Å²) in [5.41, 5.74) is 17.6. The van der Waals surface area contributed by atoms with Crippen molar-refractivity contribution < 1.29 is 33.6 Å². The van der Waals surface area contributed by atoms with E-state index in [1.54, 1.807) is 36.7 Å². The third-order valence-corrected chi connectivity index (χ3v) is 11.6. The third-order valence-electron chi connectivity index (χ3n) is 11.6. The van der Waals surface area contributed by atoms with Crippen LogP contribution in [0.25, 0.3) is 21.8 Å². The summed E-state index contributed by atoms with van der Waals surface area (Å²) in [6.45, 7) is 3.70. The smallest absolute Gasteiger partial charge is 0.337 e. The van der Waals surface area contributed by atoms with Crippen molar-refractivity contribution >= 4 is 63.3 Å². The van der Waals surface area contributed by atoms with Gasteiger partial charge in [-0.05, 0) is 61.4 Å². The van der Waals surface area contributed by atoms with Crippen LogP contribution in [-0.2, 0) is 48.0 Å². The summed E-state index contributed by atoms with van der Waals surface area (Å²) >= 11 is 0. The predicted molar refractivity (Wildman–Crippen MR) is 256 cm³/mol. The van der Waals surface area contributed by atoms with Gasteiger partial charge in [0.25, 0.3) is 5.91 Å².